The molecule has 1 amide bonds. The van der Waals surface area contributed by atoms with E-state index in [1.165, 1.54) is 6.08 Å². The minimum atomic E-state index is -0.486. The van der Waals surface area contributed by atoms with Crippen LogP contribution in [0.3, 0.4) is 0 Å². The average molecular weight is 447 g/mol. The van der Waals surface area contributed by atoms with Gasteiger partial charge in [-0.25, -0.2) is 0 Å². The average Bonchev–Trinajstić information content (AvgIpc) is 2.78. The number of nitrogens with one attached hydrogen (secondary N) is 1. The van der Waals surface area contributed by atoms with Crippen LogP contribution in [0.4, 0.5) is 5.69 Å². The van der Waals surface area contributed by atoms with Crippen molar-refractivity contribution in [3.63, 3.8) is 0 Å². The van der Waals surface area contributed by atoms with E-state index in [1.807, 2.05) is 44.2 Å². The molecule has 0 saturated heterocycles. The van der Waals surface area contributed by atoms with Crippen LogP contribution in [0.1, 0.15) is 25.0 Å². The molecule has 0 fully saturated rings. The number of ether oxygens (including phenoxy) is 2. The molecule has 162 valence electrons. The van der Waals surface area contributed by atoms with Gasteiger partial charge in [0.1, 0.15) is 29.7 Å². The number of carbonyl (C=O) groups excluding carboxylic acids is 1. The maximum Gasteiger partial charge on any atom is 0.266 e. The topological polar surface area (TPSA) is 71.3 Å². The number of nitriles is 1. The Morgan fingerprint density at radius 2 is 1.69 bits per heavy atom. The second-order valence-corrected chi connectivity index (χ2v) is 7.67. The van der Waals surface area contributed by atoms with E-state index in [0.29, 0.717) is 23.1 Å². The van der Waals surface area contributed by atoms with Gasteiger partial charge in [-0.3, -0.25) is 4.79 Å². The zero-order valence-corrected chi connectivity index (χ0v) is 18.6. The second-order valence-electron chi connectivity index (χ2n) is 7.26. The summed E-state index contributed by atoms with van der Waals surface area (Å²) in [7, 11) is 0. The Bertz CT molecular complexity index is 1130. The van der Waals surface area contributed by atoms with E-state index in [0.717, 1.165) is 16.9 Å². The molecule has 0 aliphatic carbocycles. The van der Waals surface area contributed by atoms with Crippen LogP contribution < -0.4 is 14.8 Å². The van der Waals surface area contributed by atoms with Gasteiger partial charge in [-0.2, -0.15) is 5.26 Å². The highest BCUT2D eigenvalue weighted by atomic mass is 35.5. The molecular formula is C26H23ClN2O3. The number of hydrogen-bond donors (Lipinski definition) is 1. The molecule has 0 aliphatic heterocycles. The van der Waals surface area contributed by atoms with E-state index in [1.54, 1.807) is 48.5 Å². The summed E-state index contributed by atoms with van der Waals surface area (Å²) >= 11 is 6.14. The van der Waals surface area contributed by atoms with E-state index < -0.39 is 5.91 Å². The van der Waals surface area contributed by atoms with Crippen molar-refractivity contribution in [1.82, 2.24) is 0 Å². The second kappa shape index (κ2) is 11.0. The summed E-state index contributed by atoms with van der Waals surface area (Å²) in [4.78, 5) is 12.5. The van der Waals surface area contributed by atoms with Crippen molar-refractivity contribution < 1.29 is 14.3 Å². The molecule has 3 aromatic rings. The van der Waals surface area contributed by atoms with Crippen molar-refractivity contribution in [2.75, 3.05) is 5.32 Å². The van der Waals surface area contributed by atoms with Gasteiger partial charge in [0.2, 0.25) is 0 Å². The van der Waals surface area contributed by atoms with Crippen LogP contribution in [0.15, 0.2) is 78.4 Å². The van der Waals surface area contributed by atoms with Crippen molar-refractivity contribution >= 4 is 29.3 Å². The van der Waals surface area contributed by atoms with Crippen LogP contribution in [0.25, 0.3) is 6.08 Å². The lowest BCUT2D eigenvalue weighted by Crippen LogP contribution is -2.13. The Labute approximate surface area is 192 Å². The van der Waals surface area contributed by atoms with Crippen molar-refractivity contribution in [2.45, 2.75) is 26.6 Å². The fourth-order valence-corrected chi connectivity index (χ4v) is 3.03. The molecule has 32 heavy (non-hydrogen) atoms. The molecule has 0 atom stereocenters. The summed E-state index contributed by atoms with van der Waals surface area (Å²) in [6.45, 7) is 4.24. The predicted molar refractivity (Wildman–Crippen MR) is 127 cm³/mol. The maximum absolute atomic E-state index is 12.5. The molecule has 0 unspecified atom stereocenters. The normalized spacial score (nSPS) is 11.0. The highest BCUT2D eigenvalue weighted by molar-refractivity contribution is 6.31. The number of amides is 1. The Morgan fingerprint density at radius 1 is 1.03 bits per heavy atom. The molecule has 0 saturated carbocycles. The summed E-state index contributed by atoms with van der Waals surface area (Å²) in [5.74, 6) is 0.888. The molecule has 0 aliphatic rings. The van der Waals surface area contributed by atoms with E-state index in [4.69, 9.17) is 21.1 Å². The summed E-state index contributed by atoms with van der Waals surface area (Å²) in [6, 6.07) is 23.6. The van der Waals surface area contributed by atoms with Crippen LogP contribution in [-0.4, -0.2) is 12.0 Å². The quantitative estimate of drug-likeness (QED) is 0.328. The lowest BCUT2D eigenvalue weighted by Gasteiger charge is -2.10. The van der Waals surface area contributed by atoms with Gasteiger partial charge in [0, 0.05) is 16.3 Å². The van der Waals surface area contributed by atoms with Gasteiger partial charge in [-0.15, -0.1) is 0 Å². The zero-order valence-electron chi connectivity index (χ0n) is 17.8. The first-order valence-electron chi connectivity index (χ1n) is 10.1. The van der Waals surface area contributed by atoms with Crippen LogP contribution in [0, 0.1) is 11.3 Å². The Morgan fingerprint density at radius 3 is 2.31 bits per heavy atom. The molecule has 6 heteroatoms. The number of hydrogen-bond acceptors (Lipinski definition) is 4. The first-order chi connectivity index (χ1) is 15.4. The first-order valence-corrected chi connectivity index (χ1v) is 10.5. The van der Waals surface area contributed by atoms with Crippen molar-refractivity contribution in [3.05, 3.63) is 94.5 Å². The van der Waals surface area contributed by atoms with Gasteiger partial charge < -0.3 is 14.8 Å². The Balaban J connectivity index is 1.60. The molecule has 0 bridgehead atoms. The van der Waals surface area contributed by atoms with Gasteiger partial charge >= 0.3 is 0 Å². The zero-order chi connectivity index (χ0) is 22.9. The summed E-state index contributed by atoms with van der Waals surface area (Å²) in [6.07, 6.45) is 1.61. The third kappa shape index (κ3) is 6.63. The molecule has 5 nitrogen and oxygen atoms in total. The van der Waals surface area contributed by atoms with Crippen LogP contribution in [0.2, 0.25) is 5.02 Å². The van der Waals surface area contributed by atoms with E-state index in [-0.39, 0.29) is 11.7 Å². The maximum atomic E-state index is 12.5. The van der Waals surface area contributed by atoms with Crippen LogP contribution >= 0.6 is 11.6 Å². The molecule has 0 heterocycles. The number of halogens is 1. The summed E-state index contributed by atoms with van der Waals surface area (Å²) < 4.78 is 11.3. The van der Waals surface area contributed by atoms with Crippen molar-refractivity contribution in [3.8, 4) is 17.6 Å². The van der Waals surface area contributed by atoms with E-state index in [2.05, 4.69) is 5.32 Å². The smallest absolute Gasteiger partial charge is 0.266 e. The largest absolute Gasteiger partial charge is 0.491 e. The van der Waals surface area contributed by atoms with Gasteiger partial charge in [0.25, 0.3) is 5.91 Å². The van der Waals surface area contributed by atoms with Gasteiger partial charge in [0.05, 0.1) is 6.10 Å². The van der Waals surface area contributed by atoms with Gasteiger partial charge in [-0.05, 0) is 68.0 Å². The minimum Gasteiger partial charge on any atom is -0.491 e. The Hall–Kier alpha value is -3.75. The number of benzene rings is 3. The highest BCUT2D eigenvalue weighted by Crippen LogP contribution is 2.21. The SMILES string of the molecule is CC(C)Oc1ccc(/C=C(\C#N)C(=O)Nc2ccc(OCc3ccccc3Cl)cc2)cc1. The number of rotatable bonds is 8. The molecule has 0 aromatic heterocycles. The van der Waals surface area contributed by atoms with Gasteiger partial charge in [-0.1, -0.05) is 41.9 Å². The Kier molecular flexibility index (Phi) is 7.91. The van der Waals surface area contributed by atoms with E-state index in [9.17, 15) is 10.1 Å². The fraction of sp³-hybridized carbons (Fsp3) is 0.154. The lowest BCUT2D eigenvalue weighted by molar-refractivity contribution is -0.112. The molecule has 1 N–H and O–H groups in total. The first kappa shape index (κ1) is 22.9. The predicted octanol–water partition coefficient (Wildman–Crippen LogP) is 6.25. The molecule has 3 aromatic carbocycles. The summed E-state index contributed by atoms with van der Waals surface area (Å²) in [5, 5.41) is 12.8. The highest BCUT2D eigenvalue weighted by Gasteiger charge is 2.10. The van der Waals surface area contributed by atoms with Crippen molar-refractivity contribution in [2.24, 2.45) is 0 Å². The van der Waals surface area contributed by atoms with Gasteiger partial charge in [0.15, 0.2) is 0 Å². The molecule has 3 rings (SSSR count). The molecular weight excluding hydrogens is 424 g/mol. The standard InChI is InChI=1S/C26H23ClN2O3/c1-18(2)32-24-11-7-19(8-12-24)15-21(16-28)26(30)29-22-9-13-23(14-10-22)31-17-20-5-3-4-6-25(20)27/h3-15,18H,17H2,1-2H3,(H,29,30)/b21-15+. The molecule has 0 radical (unpaired) electrons. The number of carbonyl (C=O) groups is 1. The lowest BCUT2D eigenvalue weighted by atomic mass is 10.1. The number of nitrogens with zero attached hydrogens (tertiary/aromatic N) is 1. The third-order valence-electron chi connectivity index (χ3n) is 4.39. The van der Waals surface area contributed by atoms with E-state index >= 15 is 0 Å². The molecule has 0 spiro atoms. The van der Waals surface area contributed by atoms with Crippen molar-refractivity contribution in [1.29, 1.82) is 5.26 Å². The number of anilines is 1. The summed E-state index contributed by atoms with van der Waals surface area (Å²) in [5.41, 5.74) is 2.18. The third-order valence-corrected chi connectivity index (χ3v) is 4.76. The van der Waals surface area contributed by atoms with Crippen LogP contribution in [-0.2, 0) is 11.4 Å². The van der Waals surface area contributed by atoms with Crippen LogP contribution in [0.5, 0.6) is 11.5 Å². The fourth-order valence-electron chi connectivity index (χ4n) is 2.84. The minimum absolute atomic E-state index is 0.00146. The monoisotopic (exact) mass is 446 g/mol.